The Balaban J connectivity index is 0.00000120. The zero-order valence-electron chi connectivity index (χ0n) is 10.9. The predicted octanol–water partition coefficient (Wildman–Crippen LogP) is 2.61. The van der Waals surface area contributed by atoms with Gasteiger partial charge in [-0.1, -0.05) is 6.92 Å². The summed E-state index contributed by atoms with van der Waals surface area (Å²) in [6, 6.07) is 0. The number of thiazole rings is 1. The normalized spacial score (nSPS) is 28.3. The molecule has 1 aliphatic heterocycles. The van der Waals surface area contributed by atoms with E-state index in [2.05, 4.69) is 16.8 Å². The van der Waals surface area contributed by atoms with Gasteiger partial charge in [-0.15, -0.1) is 23.7 Å². The number of nitrogens with two attached hydrogens (primary N) is 1. The van der Waals surface area contributed by atoms with Crippen LogP contribution in [0.1, 0.15) is 42.7 Å². The van der Waals surface area contributed by atoms with Crippen molar-refractivity contribution in [1.82, 2.24) is 9.88 Å². The number of nitrogens with zero attached hydrogens (tertiary/aromatic N) is 2. The predicted molar refractivity (Wildman–Crippen MR) is 78.4 cm³/mol. The van der Waals surface area contributed by atoms with Crippen LogP contribution in [-0.2, 0) is 6.54 Å². The summed E-state index contributed by atoms with van der Waals surface area (Å²) in [6.07, 6.45) is 3.93. The molecule has 1 saturated carbocycles. The number of hydrogen-bond acceptors (Lipinski definition) is 4. The molecule has 2 fully saturated rings. The van der Waals surface area contributed by atoms with Crippen LogP contribution in [0, 0.1) is 5.41 Å². The van der Waals surface area contributed by atoms with Crippen molar-refractivity contribution in [3.05, 3.63) is 16.1 Å². The van der Waals surface area contributed by atoms with Gasteiger partial charge in [-0.2, -0.15) is 0 Å². The van der Waals surface area contributed by atoms with E-state index in [-0.39, 0.29) is 12.4 Å². The van der Waals surface area contributed by atoms with Crippen LogP contribution < -0.4 is 5.73 Å². The maximum absolute atomic E-state index is 5.86. The first-order chi connectivity index (χ1) is 8.20. The first kappa shape index (κ1) is 14.3. The fraction of sp³-hybridized carbons (Fsp3) is 0.769. The summed E-state index contributed by atoms with van der Waals surface area (Å²) in [5.74, 6) is 0.778. The highest BCUT2D eigenvalue weighted by Gasteiger charge is 2.34. The third-order valence-electron chi connectivity index (χ3n) is 4.13. The summed E-state index contributed by atoms with van der Waals surface area (Å²) in [5.41, 5.74) is 9.59. The van der Waals surface area contributed by atoms with Crippen molar-refractivity contribution in [2.75, 3.05) is 19.6 Å². The lowest BCUT2D eigenvalue weighted by molar-refractivity contribution is 0.275. The number of rotatable bonds is 4. The van der Waals surface area contributed by atoms with Crippen molar-refractivity contribution in [3.63, 3.8) is 0 Å². The molecule has 1 aromatic rings. The minimum atomic E-state index is 0. The van der Waals surface area contributed by atoms with Gasteiger partial charge >= 0.3 is 0 Å². The van der Waals surface area contributed by atoms with Gasteiger partial charge in [0.2, 0.25) is 0 Å². The minimum absolute atomic E-state index is 0. The topological polar surface area (TPSA) is 42.1 Å². The Kier molecular flexibility index (Phi) is 4.32. The van der Waals surface area contributed by atoms with Crippen molar-refractivity contribution in [1.29, 1.82) is 0 Å². The quantitative estimate of drug-likeness (QED) is 0.926. The molecule has 1 unspecified atom stereocenters. The average molecular weight is 288 g/mol. The van der Waals surface area contributed by atoms with Gasteiger partial charge in [0.25, 0.3) is 0 Å². The molecule has 1 atom stereocenters. The highest BCUT2D eigenvalue weighted by molar-refractivity contribution is 7.09. The molecule has 0 spiro atoms. The molecule has 2 heterocycles. The fourth-order valence-electron chi connectivity index (χ4n) is 2.72. The second kappa shape index (κ2) is 5.45. The summed E-state index contributed by atoms with van der Waals surface area (Å²) in [7, 11) is 0. The van der Waals surface area contributed by atoms with Crippen LogP contribution in [0.3, 0.4) is 0 Å². The molecule has 1 saturated heterocycles. The van der Waals surface area contributed by atoms with Crippen LogP contribution in [0.25, 0.3) is 0 Å². The molecule has 0 amide bonds. The number of hydrogen-bond donors (Lipinski definition) is 1. The zero-order valence-corrected chi connectivity index (χ0v) is 12.5. The largest absolute Gasteiger partial charge is 0.330 e. The minimum Gasteiger partial charge on any atom is -0.330 e. The van der Waals surface area contributed by atoms with E-state index in [1.165, 1.54) is 36.4 Å². The summed E-state index contributed by atoms with van der Waals surface area (Å²) in [4.78, 5) is 8.59. The Morgan fingerprint density at radius 2 is 2.33 bits per heavy atom. The molecule has 18 heavy (non-hydrogen) atoms. The van der Waals surface area contributed by atoms with E-state index in [0.29, 0.717) is 5.41 Å². The van der Waals surface area contributed by atoms with Gasteiger partial charge in [-0.3, -0.25) is 4.90 Å². The van der Waals surface area contributed by atoms with Gasteiger partial charge in [0, 0.05) is 23.9 Å². The average Bonchev–Trinajstić information content (AvgIpc) is 2.96. The maximum atomic E-state index is 5.86. The maximum Gasteiger partial charge on any atom is 0.0798 e. The number of halogens is 1. The smallest absolute Gasteiger partial charge is 0.0798 e. The molecule has 102 valence electrons. The molecular formula is C13H22ClN3S. The Morgan fingerprint density at radius 1 is 1.56 bits per heavy atom. The summed E-state index contributed by atoms with van der Waals surface area (Å²) in [5, 5.41) is 0. The van der Waals surface area contributed by atoms with E-state index >= 15 is 0 Å². The molecule has 0 radical (unpaired) electrons. The molecule has 1 aliphatic carbocycles. The number of aromatic nitrogens is 1. The Labute approximate surface area is 119 Å². The molecule has 2 N–H and O–H groups in total. The standard InChI is InChI=1S/C13H21N3S.ClH/c1-13(7-14)4-5-16(8-13)6-11-12(10-2-3-10)15-9-17-11;/h9-10H,2-8,14H2,1H3;1H. The zero-order chi connectivity index (χ0) is 11.9. The molecular weight excluding hydrogens is 266 g/mol. The molecule has 3 nitrogen and oxygen atoms in total. The van der Waals surface area contributed by atoms with E-state index < -0.39 is 0 Å². The molecule has 5 heteroatoms. The van der Waals surface area contributed by atoms with E-state index in [0.717, 1.165) is 25.6 Å². The van der Waals surface area contributed by atoms with Gasteiger partial charge in [0.1, 0.15) is 0 Å². The van der Waals surface area contributed by atoms with Gasteiger partial charge < -0.3 is 5.73 Å². The van der Waals surface area contributed by atoms with Crippen LogP contribution in [-0.4, -0.2) is 29.5 Å². The van der Waals surface area contributed by atoms with Crippen molar-refractivity contribution in [3.8, 4) is 0 Å². The van der Waals surface area contributed by atoms with E-state index in [9.17, 15) is 0 Å². The van der Waals surface area contributed by atoms with Crippen LogP contribution in [0.2, 0.25) is 0 Å². The Hall–Kier alpha value is -0.160. The van der Waals surface area contributed by atoms with Gasteiger partial charge in [-0.05, 0) is 37.8 Å². The van der Waals surface area contributed by atoms with Gasteiger partial charge in [0.15, 0.2) is 0 Å². The second-order valence-electron chi connectivity index (χ2n) is 5.91. The molecule has 1 aromatic heterocycles. The highest BCUT2D eigenvalue weighted by Crippen LogP contribution is 2.42. The lowest BCUT2D eigenvalue weighted by Crippen LogP contribution is -2.31. The third-order valence-corrected chi connectivity index (χ3v) is 4.97. The summed E-state index contributed by atoms with van der Waals surface area (Å²) in [6.45, 7) is 6.54. The van der Waals surface area contributed by atoms with Crippen LogP contribution in [0.5, 0.6) is 0 Å². The van der Waals surface area contributed by atoms with Gasteiger partial charge in [-0.25, -0.2) is 4.98 Å². The second-order valence-corrected chi connectivity index (χ2v) is 6.85. The van der Waals surface area contributed by atoms with Crippen molar-refractivity contribution >= 4 is 23.7 Å². The molecule has 0 aromatic carbocycles. The summed E-state index contributed by atoms with van der Waals surface area (Å²) < 4.78 is 0. The monoisotopic (exact) mass is 287 g/mol. The molecule has 3 rings (SSSR count). The molecule has 2 aliphatic rings. The summed E-state index contributed by atoms with van der Waals surface area (Å²) >= 11 is 1.83. The SMILES string of the molecule is CC1(CN)CCN(Cc2scnc2C2CC2)C1.Cl. The Morgan fingerprint density at radius 3 is 2.94 bits per heavy atom. The van der Waals surface area contributed by atoms with Crippen LogP contribution in [0.15, 0.2) is 5.51 Å². The van der Waals surface area contributed by atoms with Crippen LogP contribution >= 0.6 is 23.7 Å². The molecule has 0 bridgehead atoms. The highest BCUT2D eigenvalue weighted by atomic mass is 35.5. The fourth-order valence-corrected chi connectivity index (χ4v) is 3.61. The van der Waals surface area contributed by atoms with Crippen molar-refractivity contribution in [2.45, 2.75) is 38.6 Å². The lowest BCUT2D eigenvalue weighted by atomic mass is 9.90. The first-order valence-electron chi connectivity index (χ1n) is 6.55. The Bertz CT molecular complexity index is 405. The third kappa shape index (κ3) is 2.87. The van der Waals surface area contributed by atoms with E-state index in [1.54, 1.807) is 0 Å². The number of likely N-dealkylation sites (tertiary alicyclic amines) is 1. The van der Waals surface area contributed by atoms with Crippen LogP contribution in [0.4, 0.5) is 0 Å². The van der Waals surface area contributed by atoms with E-state index in [4.69, 9.17) is 5.73 Å². The van der Waals surface area contributed by atoms with Crippen molar-refractivity contribution in [2.24, 2.45) is 11.1 Å². The lowest BCUT2D eigenvalue weighted by Gasteiger charge is -2.22. The first-order valence-corrected chi connectivity index (χ1v) is 7.43. The van der Waals surface area contributed by atoms with Gasteiger partial charge in [0.05, 0.1) is 11.2 Å². The van der Waals surface area contributed by atoms with Crippen molar-refractivity contribution < 1.29 is 0 Å². The van der Waals surface area contributed by atoms with E-state index in [1.807, 2.05) is 16.8 Å².